The fourth-order valence-electron chi connectivity index (χ4n) is 3.12. The second kappa shape index (κ2) is 4.75. The quantitative estimate of drug-likeness (QED) is 0.795. The summed E-state index contributed by atoms with van der Waals surface area (Å²) in [6.07, 6.45) is 6.18. The van der Waals surface area contributed by atoms with Crippen molar-refractivity contribution < 1.29 is 8.78 Å². The topological polar surface area (TPSA) is 24.1 Å². The van der Waals surface area contributed by atoms with Crippen molar-refractivity contribution in [1.82, 2.24) is 0 Å². The first-order valence-electron chi connectivity index (χ1n) is 6.74. The summed E-state index contributed by atoms with van der Waals surface area (Å²) in [5.74, 6) is -0.977. The lowest BCUT2D eigenvalue weighted by molar-refractivity contribution is 0.321. The lowest BCUT2D eigenvalue weighted by Gasteiger charge is -2.36. The van der Waals surface area contributed by atoms with E-state index in [2.05, 4.69) is 10.6 Å². The maximum absolute atomic E-state index is 13.7. The van der Waals surface area contributed by atoms with E-state index < -0.39 is 11.6 Å². The Bertz CT molecular complexity index is 442. The van der Waals surface area contributed by atoms with Gasteiger partial charge in [0.25, 0.3) is 0 Å². The highest BCUT2D eigenvalue weighted by atomic mass is 19.2. The van der Waals surface area contributed by atoms with Gasteiger partial charge >= 0.3 is 0 Å². The highest BCUT2D eigenvalue weighted by molar-refractivity contribution is 5.72. The van der Waals surface area contributed by atoms with Crippen molar-refractivity contribution in [2.24, 2.45) is 5.92 Å². The average Bonchev–Trinajstić information content (AvgIpc) is 2.44. The minimum atomic E-state index is -0.785. The van der Waals surface area contributed by atoms with Gasteiger partial charge in [-0.1, -0.05) is 19.3 Å². The number of hydrogen-bond donors (Lipinski definition) is 2. The van der Waals surface area contributed by atoms with Crippen LogP contribution in [-0.2, 0) is 0 Å². The van der Waals surface area contributed by atoms with Crippen LogP contribution in [-0.4, -0.2) is 12.6 Å². The molecule has 1 aromatic rings. The van der Waals surface area contributed by atoms with Gasteiger partial charge < -0.3 is 10.6 Å². The van der Waals surface area contributed by atoms with Gasteiger partial charge in [-0.25, -0.2) is 8.78 Å². The normalized spacial score (nSPS) is 24.0. The van der Waals surface area contributed by atoms with Crippen LogP contribution in [0.15, 0.2) is 12.1 Å². The van der Waals surface area contributed by atoms with Crippen LogP contribution < -0.4 is 10.6 Å². The van der Waals surface area contributed by atoms with Crippen LogP contribution in [0.3, 0.4) is 0 Å². The van der Waals surface area contributed by atoms with Crippen LogP contribution in [0, 0.1) is 17.6 Å². The van der Waals surface area contributed by atoms with Crippen molar-refractivity contribution in [2.75, 3.05) is 17.2 Å². The average molecular weight is 252 g/mol. The van der Waals surface area contributed by atoms with Gasteiger partial charge in [0.05, 0.1) is 11.4 Å². The lowest BCUT2D eigenvalue weighted by atomic mass is 9.83. The fraction of sp³-hybridized carbons (Fsp3) is 0.571. The number of halogens is 2. The Hall–Kier alpha value is -1.32. The third-order valence-electron chi connectivity index (χ3n) is 4.16. The molecule has 2 nitrogen and oxygen atoms in total. The van der Waals surface area contributed by atoms with Gasteiger partial charge in [0.1, 0.15) is 0 Å². The number of fused-ring (bicyclic) bond motifs is 1. The van der Waals surface area contributed by atoms with E-state index in [9.17, 15) is 8.78 Å². The third-order valence-corrected chi connectivity index (χ3v) is 4.16. The Morgan fingerprint density at radius 2 is 1.83 bits per heavy atom. The van der Waals surface area contributed by atoms with Crippen LogP contribution in [0.1, 0.15) is 32.1 Å². The molecule has 1 heterocycles. The Morgan fingerprint density at radius 1 is 1.06 bits per heavy atom. The SMILES string of the molecule is Fc1ccc2c(c1F)NC(C1CCCCC1)CN2. The van der Waals surface area contributed by atoms with Crippen LogP contribution >= 0.6 is 0 Å². The molecule has 18 heavy (non-hydrogen) atoms. The van der Waals surface area contributed by atoms with Gasteiger partial charge in [-0.3, -0.25) is 0 Å². The first-order chi connectivity index (χ1) is 8.75. The molecule has 0 amide bonds. The van der Waals surface area contributed by atoms with E-state index in [1.165, 1.54) is 38.2 Å². The van der Waals surface area contributed by atoms with Gasteiger partial charge in [0.2, 0.25) is 0 Å². The summed E-state index contributed by atoms with van der Waals surface area (Å²) in [7, 11) is 0. The maximum Gasteiger partial charge on any atom is 0.183 e. The third kappa shape index (κ3) is 2.04. The van der Waals surface area contributed by atoms with Crippen LogP contribution in [0.2, 0.25) is 0 Å². The molecular formula is C14H18F2N2. The summed E-state index contributed by atoms with van der Waals surface area (Å²) in [6, 6.07) is 2.98. The Labute approximate surface area is 106 Å². The molecular weight excluding hydrogens is 234 g/mol. The molecule has 1 unspecified atom stereocenters. The van der Waals surface area contributed by atoms with Crippen molar-refractivity contribution in [2.45, 2.75) is 38.1 Å². The molecule has 0 radical (unpaired) electrons. The molecule has 1 fully saturated rings. The second-order valence-corrected chi connectivity index (χ2v) is 5.31. The van der Waals surface area contributed by atoms with Crippen LogP contribution in [0.5, 0.6) is 0 Å². The first-order valence-corrected chi connectivity index (χ1v) is 6.74. The zero-order chi connectivity index (χ0) is 12.5. The Morgan fingerprint density at radius 3 is 2.61 bits per heavy atom. The Balaban J connectivity index is 1.81. The van der Waals surface area contributed by atoms with E-state index in [0.717, 1.165) is 6.54 Å². The summed E-state index contributed by atoms with van der Waals surface area (Å²) in [6.45, 7) is 0.794. The number of hydrogen-bond acceptors (Lipinski definition) is 2. The zero-order valence-electron chi connectivity index (χ0n) is 10.3. The molecule has 0 saturated heterocycles. The standard InChI is InChI=1S/C14H18F2N2/c15-10-6-7-11-14(13(10)16)18-12(8-17-11)9-4-2-1-3-5-9/h6-7,9,12,17-18H,1-5,8H2. The molecule has 1 aromatic carbocycles. The van der Waals surface area contributed by atoms with E-state index in [-0.39, 0.29) is 6.04 Å². The molecule has 1 saturated carbocycles. The van der Waals surface area contributed by atoms with Crippen molar-refractivity contribution in [3.05, 3.63) is 23.8 Å². The molecule has 4 heteroatoms. The van der Waals surface area contributed by atoms with E-state index in [1.807, 2.05) is 0 Å². The molecule has 1 atom stereocenters. The summed E-state index contributed by atoms with van der Waals surface area (Å²) >= 11 is 0. The van der Waals surface area contributed by atoms with Crippen molar-refractivity contribution in [1.29, 1.82) is 0 Å². The number of nitrogens with one attached hydrogen (secondary N) is 2. The molecule has 2 aliphatic rings. The van der Waals surface area contributed by atoms with E-state index in [0.29, 0.717) is 17.3 Å². The highest BCUT2D eigenvalue weighted by Gasteiger charge is 2.28. The maximum atomic E-state index is 13.7. The zero-order valence-corrected chi connectivity index (χ0v) is 10.3. The van der Waals surface area contributed by atoms with Crippen molar-refractivity contribution >= 4 is 11.4 Å². The van der Waals surface area contributed by atoms with Gasteiger partial charge in [-0.15, -0.1) is 0 Å². The second-order valence-electron chi connectivity index (χ2n) is 5.31. The van der Waals surface area contributed by atoms with Crippen molar-refractivity contribution in [3.8, 4) is 0 Å². The lowest BCUT2D eigenvalue weighted by Crippen LogP contribution is -2.40. The molecule has 1 aliphatic carbocycles. The Kier molecular flexibility index (Phi) is 3.10. The largest absolute Gasteiger partial charge is 0.381 e. The summed E-state index contributed by atoms with van der Waals surface area (Å²) in [4.78, 5) is 0. The van der Waals surface area contributed by atoms with Gasteiger partial charge in [0.15, 0.2) is 11.6 Å². The summed E-state index contributed by atoms with van der Waals surface area (Å²) < 4.78 is 27.0. The monoisotopic (exact) mass is 252 g/mol. The minimum absolute atomic E-state index is 0.217. The van der Waals surface area contributed by atoms with Gasteiger partial charge in [-0.2, -0.15) is 0 Å². The van der Waals surface area contributed by atoms with Gasteiger partial charge in [0, 0.05) is 12.6 Å². The predicted molar refractivity (Wildman–Crippen MR) is 68.8 cm³/mol. The predicted octanol–water partition coefficient (Wildman–Crippen LogP) is 3.75. The summed E-state index contributed by atoms with van der Waals surface area (Å²) in [5, 5.41) is 6.41. The molecule has 0 aromatic heterocycles. The van der Waals surface area contributed by atoms with E-state index in [1.54, 1.807) is 6.07 Å². The summed E-state index contributed by atoms with van der Waals surface area (Å²) in [5.41, 5.74) is 0.970. The van der Waals surface area contributed by atoms with E-state index >= 15 is 0 Å². The molecule has 1 aliphatic heterocycles. The first kappa shape index (κ1) is 11.8. The number of anilines is 2. The number of rotatable bonds is 1. The number of benzene rings is 1. The fourth-order valence-corrected chi connectivity index (χ4v) is 3.12. The highest BCUT2D eigenvalue weighted by Crippen LogP contribution is 2.35. The molecule has 3 rings (SSSR count). The molecule has 98 valence electrons. The van der Waals surface area contributed by atoms with Crippen LogP contribution in [0.4, 0.5) is 20.2 Å². The minimum Gasteiger partial charge on any atom is -0.381 e. The molecule has 0 spiro atoms. The van der Waals surface area contributed by atoms with Crippen LogP contribution in [0.25, 0.3) is 0 Å². The van der Waals surface area contributed by atoms with E-state index in [4.69, 9.17) is 0 Å². The van der Waals surface area contributed by atoms with Gasteiger partial charge in [-0.05, 0) is 30.9 Å². The molecule has 0 bridgehead atoms. The molecule has 2 N–H and O–H groups in total. The smallest absolute Gasteiger partial charge is 0.183 e. The van der Waals surface area contributed by atoms with Crippen molar-refractivity contribution in [3.63, 3.8) is 0 Å².